The Hall–Kier alpha value is -0.610. The maximum atomic E-state index is 11.6. The van der Waals surface area contributed by atoms with Crippen LogP contribution in [0.1, 0.15) is 45.4 Å². The molecule has 3 atom stereocenters. The van der Waals surface area contributed by atoms with E-state index in [2.05, 4.69) is 12.2 Å². The molecule has 4 heteroatoms. The maximum Gasteiger partial charge on any atom is 0.220 e. The molecule has 0 heterocycles. The van der Waals surface area contributed by atoms with Crippen molar-refractivity contribution in [2.24, 2.45) is 17.6 Å². The number of hydrogen-bond acceptors (Lipinski definition) is 3. The Morgan fingerprint density at radius 2 is 2.24 bits per heavy atom. The van der Waals surface area contributed by atoms with Crippen LogP contribution in [0.15, 0.2) is 0 Å². The number of nitrogens with one attached hydrogen (secondary N) is 1. The minimum atomic E-state index is -0.216. The summed E-state index contributed by atoms with van der Waals surface area (Å²) in [6, 6.07) is 0. The Bertz CT molecular complexity index is 233. The van der Waals surface area contributed by atoms with Gasteiger partial charge < -0.3 is 16.2 Å². The Kier molecular flexibility index (Phi) is 6.52. The second-order valence-corrected chi connectivity index (χ2v) is 5.28. The molecule has 4 nitrogen and oxygen atoms in total. The summed E-state index contributed by atoms with van der Waals surface area (Å²) >= 11 is 0. The average Bonchev–Trinajstić information content (AvgIpc) is 2.70. The topological polar surface area (TPSA) is 75.4 Å². The van der Waals surface area contributed by atoms with Crippen LogP contribution in [0.4, 0.5) is 0 Å². The largest absolute Gasteiger partial charge is 0.393 e. The molecule has 0 bridgehead atoms. The molecule has 1 rings (SSSR count). The Morgan fingerprint density at radius 3 is 2.82 bits per heavy atom. The molecule has 0 aromatic heterocycles. The van der Waals surface area contributed by atoms with Crippen LogP contribution in [0, 0.1) is 11.8 Å². The molecule has 1 aliphatic carbocycles. The highest BCUT2D eigenvalue weighted by Gasteiger charge is 2.25. The third-order valence-electron chi connectivity index (χ3n) is 3.70. The van der Waals surface area contributed by atoms with Gasteiger partial charge in [-0.05, 0) is 38.1 Å². The zero-order valence-corrected chi connectivity index (χ0v) is 10.8. The van der Waals surface area contributed by atoms with E-state index in [1.165, 1.54) is 0 Å². The van der Waals surface area contributed by atoms with E-state index < -0.39 is 0 Å². The lowest BCUT2D eigenvalue weighted by molar-refractivity contribution is -0.121. The van der Waals surface area contributed by atoms with Crippen molar-refractivity contribution >= 4 is 5.91 Å². The third kappa shape index (κ3) is 5.50. The van der Waals surface area contributed by atoms with Gasteiger partial charge in [-0.25, -0.2) is 0 Å². The van der Waals surface area contributed by atoms with Gasteiger partial charge in [-0.3, -0.25) is 4.79 Å². The summed E-state index contributed by atoms with van der Waals surface area (Å²) in [5, 5.41) is 12.5. The van der Waals surface area contributed by atoms with Crippen LogP contribution in [0.3, 0.4) is 0 Å². The SMILES string of the molecule is CC(CCN)CCC(=O)NCC1CCCC1O. The normalized spacial score (nSPS) is 25.8. The quantitative estimate of drug-likeness (QED) is 0.624. The van der Waals surface area contributed by atoms with Crippen LogP contribution < -0.4 is 11.1 Å². The van der Waals surface area contributed by atoms with E-state index in [4.69, 9.17) is 5.73 Å². The van der Waals surface area contributed by atoms with Gasteiger partial charge in [-0.15, -0.1) is 0 Å². The predicted molar refractivity (Wildman–Crippen MR) is 68.4 cm³/mol. The first-order valence-electron chi connectivity index (χ1n) is 6.78. The number of amides is 1. The number of aliphatic hydroxyl groups is 1. The molecule has 17 heavy (non-hydrogen) atoms. The smallest absolute Gasteiger partial charge is 0.220 e. The standard InChI is InChI=1S/C13H26N2O2/c1-10(7-8-14)5-6-13(17)15-9-11-3-2-4-12(11)16/h10-12,16H,2-9,14H2,1H3,(H,15,17). The van der Waals surface area contributed by atoms with Crippen molar-refractivity contribution in [1.82, 2.24) is 5.32 Å². The van der Waals surface area contributed by atoms with Gasteiger partial charge in [0.1, 0.15) is 0 Å². The average molecular weight is 242 g/mol. The van der Waals surface area contributed by atoms with Crippen LogP contribution in [0.2, 0.25) is 0 Å². The molecule has 1 saturated carbocycles. The summed E-state index contributed by atoms with van der Waals surface area (Å²) in [4.78, 5) is 11.6. The van der Waals surface area contributed by atoms with Gasteiger partial charge in [0.15, 0.2) is 0 Å². The number of carbonyl (C=O) groups excluding carboxylic acids is 1. The van der Waals surface area contributed by atoms with E-state index >= 15 is 0 Å². The van der Waals surface area contributed by atoms with Gasteiger partial charge in [0.2, 0.25) is 5.91 Å². The van der Waals surface area contributed by atoms with Crippen LogP contribution in [0.25, 0.3) is 0 Å². The van der Waals surface area contributed by atoms with Crippen molar-refractivity contribution in [2.75, 3.05) is 13.1 Å². The second kappa shape index (κ2) is 7.67. The summed E-state index contributed by atoms with van der Waals surface area (Å²) in [6.07, 6.45) is 5.23. The minimum Gasteiger partial charge on any atom is -0.393 e. The first-order chi connectivity index (χ1) is 8.13. The molecule has 0 saturated heterocycles. The van der Waals surface area contributed by atoms with Gasteiger partial charge in [0.25, 0.3) is 0 Å². The number of carbonyl (C=O) groups is 1. The van der Waals surface area contributed by atoms with E-state index in [-0.39, 0.29) is 17.9 Å². The lowest BCUT2D eigenvalue weighted by Crippen LogP contribution is -2.32. The molecular weight excluding hydrogens is 216 g/mol. The fourth-order valence-corrected chi connectivity index (χ4v) is 2.40. The van der Waals surface area contributed by atoms with Crippen LogP contribution >= 0.6 is 0 Å². The lowest BCUT2D eigenvalue weighted by atomic mass is 10.0. The third-order valence-corrected chi connectivity index (χ3v) is 3.70. The fraction of sp³-hybridized carbons (Fsp3) is 0.923. The van der Waals surface area contributed by atoms with Crippen molar-refractivity contribution in [3.8, 4) is 0 Å². The number of rotatable bonds is 7. The molecule has 1 fully saturated rings. The molecule has 100 valence electrons. The minimum absolute atomic E-state index is 0.105. The van der Waals surface area contributed by atoms with Crippen LogP contribution in [0.5, 0.6) is 0 Å². The molecule has 0 radical (unpaired) electrons. The first kappa shape index (κ1) is 14.5. The summed E-state index contributed by atoms with van der Waals surface area (Å²) in [5.41, 5.74) is 5.46. The van der Waals surface area contributed by atoms with E-state index in [1.54, 1.807) is 0 Å². The van der Waals surface area contributed by atoms with Crippen molar-refractivity contribution in [2.45, 2.75) is 51.6 Å². The summed E-state index contributed by atoms with van der Waals surface area (Å²) < 4.78 is 0. The highest BCUT2D eigenvalue weighted by atomic mass is 16.3. The number of hydrogen-bond donors (Lipinski definition) is 3. The van der Waals surface area contributed by atoms with Crippen molar-refractivity contribution < 1.29 is 9.90 Å². The van der Waals surface area contributed by atoms with Crippen molar-refractivity contribution in [3.63, 3.8) is 0 Å². The van der Waals surface area contributed by atoms with Crippen molar-refractivity contribution in [3.05, 3.63) is 0 Å². The maximum absolute atomic E-state index is 11.6. The molecule has 3 unspecified atom stereocenters. The fourth-order valence-electron chi connectivity index (χ4n) is 2.40. The number of aliphatic hydroxyl groups excluding tert-OH is 1. The molecule has 0 aromatic rings. The Morgan fingerprint density at radius 1 is 1.47 bits per heavy atom. The molecular formula is C13H26N2O2. The zero-order chi connectivity index (χ0) is 12.7. The Labute approximate surface area is 104 Å². The van der Waals surface area contributed by atoms with Crippen LogP contribution in [-0.4, -0.2) is 30.2 Å². The monoisotopic (exact) mass is 242 g/mol. The molecule has 4 N–H and O–H groups in total. The molecule has 0 aliphatic heterocycles. The van der Waals surface area contributed by atoms with Gasteiger partial charge in [-0.1, -0.05) is 13.3 Å². The Balaban J connectivity index is 2.08. The van der Waals surface area contributed by atoms with Gasteiger partial charge in [-0.2, -0.15) is 0 Å². The van der Waals surface area contributed by atoms with E-state index in [9.17, 15) is 9.90 Å². The highest BCUT2D eigenvalue weighted by Crippen LogP contribution is 2.24. The van der Waals surface area contributed by atoms with E-state index in [0.717, 1.165) is 32.1 Å². The van der Waals surface area contributed by atoms with Gasteiger partial charge in [0, 0.05) is 18.9 Å². The highest BCUT2D eigenvalue weighted by molar-refractivity contribution is 5.75. The number of nitrogens with two attached hydrogens (primary N) is 1. The lowest BCUT2D eigenvalue weighted by Gasteiger charge is -2.15. The molecule has 0 spiro atoms. The van der Waals surface area contributed by atoms with Crippen molar-refractivity contribution in [1.29, 1.82) is 0 Å². The second-order valence-electron chi connectivity index (χ2n) is 5.28. The first-order valence-corrected chi connectivity index (χ1v) is 6.78. The molecule has 0 aromatic carbocycles. The van der Waals surface area contributed by atoms with E-state index in [0.29, 0.717) is 25.4 Å². The summed E-state index contributed by atoms with van der Waals surface area (Å²) in [5.74, 6) is 0.885. The molecule has 1 aliphatic rings. The van der Waals surface area contributed by atoms with Crippen LogP contribution in [-0.2, 0) is 4.79 Å². The summed E-state index contributed by atoms with van der Waals surface area (Å²) in [7, 11) is 0. The predicted octanol–water partition coefficient (Wildman–Crippen LogP) is 1.03. The summed E-state index contributed by atoms with van der Waals surface area (Å²) in [6.45, 7) is 3.45. The van der Waals surface area contributed by atoms with E-state index in [1.807, 2.05) is 0 Å². The zero-order valence-electron chi connectivity index (χ0n) is 10.8. The van der Waals surface area contributed by atoms with Gasteiger partial charge >= 0.3 is 0 Å². The van der Waals surface area contributed by atoms with Gasteiger partial charge in [0.05, 0.1) is 6.10 Å². The molecule has 1 amide bonds.